The van der Waals surface area contributed by atoms with Crippen LogP contribution in [0.25, 0.3) is 0 Å². The van der Waals surface area contributed by atoms with Crippen molar-refractivity contribution in [1.29, 1.82) is 0 Å². The minimum atomic E-state index is -4.29. The molecule has 2 rings (SSSR count). The Morgan fingerprint density at radius 3 is 2.14 bits per heavy atom. The van der Waals surface area contributed by atoms with Gasteiger partial charge in [-0.2, -0.15) is 13.2 Å². The molecule has 0 radical (unpaired) electrons. The molecule has 0 aliphatic rings. The maximum absolute atomic E-state index is 12.5. The van der Waals surface area contributed by atoms with E-state index in [1.807, 2.05) is 30.3 Å². The van der Waals surface area contributed by atoms with E-state index >= 15 is 0 Å². The number of nitrogens with two attached hydrogens (primary N) is 1. The molecule has 0 saturated carbocycles. The summed E-state index contributed by atoms with van der Waals surface area (Å²) in [5, 5.41) is 0. The number of hydrogen-bond acceptors (Lipinski definition) is 2. The molecule has 0 aromatic heterocycles. The third kappa shape index (κ3) is 5.10. The molecule has 0 spiro atoms. The van der Waals surface area contributed by atoms with Crippen molar-refractivity contribution in [3.05, 3.63) is 65.7 Å². The lowest BCUT2D eigenvalue weighted by atomic mass is 10.1. The molecule has 21 heavy (non-hydrogen) atoms. The van der Waals surface area contributed by atoms with Crippen molar-refractivity contribution in [3.8, 4) is 0 Å². The minimum Gasteiger partial charge on any atom is -0.327 e. The lowest BCUT2D eigenvalue weighted by Gasteiger charge is -2.12. The monoisotopic (exact) mass is 311 g/mol. The van der Waals surface area contributed by atoms with Crippen molar-refractivity contribution in [2.75, 3.05) is 5.75 Å². The molecule has 1 unspecified atom stereocenters. The standard InChI is InChI=1S/C16H16F3NS/c17-16(18,19)13-8-6-12(7-9-13)10-14(20)11-21-15-4-2-1-3-5-15/h1-9,14H,10-11,20H2. The van der Waals surface area contributed by atoms with Gasteiger partial charge in [-0.1, -0.05) is 30.3 Å². The zero-order valence-corrected chi connectivity index (χ0v) is 12.1. The van der Waals surface area contributed by atoms with Crippen molar-refractivity contribution in [3.63, 3.8) is 0 Å². The molecule has 112 valence electrons. The summed E-state index contributed by atoms with van der Waals surface area (Å²) < 4.78 is 37.4. The fourth-order valence-electron chi connectivity index (χ4n) is 1.91. The smallest absolute Gasteiger partial charge is 0.327 e. The third-order valence-corrected chi connectivity index (χ3v) is 4.19. The molecule has 1 atom stereocenters. The first-order chi connectivity index (χ1) is 9.95. The topological polar surface area (TPSA) is 26.0 Å². The molecule has 2 aromatic rings. The molecule has 2 N–H and O–H groups in total. The quantitative estimate of drug-likeness (QED) is 0.830. The second kappa shape index (κ2) is 7.00. The van der Waals surface area contributed by atoms with E-state index in [-0.39, 0.29) is 6.04 Å². The highest BCUT2D eigenvalue weighted by Crippen LogP contribution is 2.29. The van der Waals surface area contributed by atoms with Crippen LogP contribution in [-0.2, 0) is 12.6 Å². The Balaban J connectivity index is 1.86. The summed E-state index contributed by atoms with van der Waals surface area (Å²) in [5.41, 5.74) is 6.23. The van der Waals surface area contributed by atoms with Gasteiger partial charge >= 0.3 is 6.18 Å². The average molecular weight is 311 g/mol. The van der Waals surface area contributed by atoms with Gasteiger partial charge in [-0.3, -0.25) is 0 Å². The number of benzene rings is 2. The molecule has 2 aromatic carbocycles. The molecule has 0 amide bonds. The van der Waals surface area contributed by atoms with Crippen LogP contribution in [0.3, 0.4) is 0 Å². The van der Waals surface area contributed by atoms with Gasteiger partial charge in [0.05, 0.1) is 5.56 Å². The molecule has 1 nitrogen and oxygen atoms in total. The zero-order chi connectivity index (χ0) is 15.3. The highest BCUT2D eigenvalue weighted by Gasteiger charge is 2.29. The van der Waals surface area contributed by atoms with E-state index in [1.165, 1.54) is 12.1 Å². The predicted molar refractivity (Wildman–Crippen MR) is 80.3 cm³/mol. The molecule has 0 aliphatic heterocycles. The van der Waals surface area contributed by atoms with E-state index in [2.05, 4.69) is 0 Å². The molecular formula is C16H16F3NS. The second-order valence-corrected chi connectivity index (χ2v) is 5.88. The predicted octanol–water partition coefficient (Wildman–Crippen LogP) is 4.37. The van der Waals surface area contributed by atoms with E-state index in [0.29, 0.717) is 6.42 Å². The van der Waals surface area contributed by atoms with Crippen LogP contribution in [0.1, 0.15) is 11.1 Å². The maximum atomic E-state index is 12.5. The van der Waals surface area contributed by atoms with Crippen molar-refractivity contribution in [2.24, 2.45) is 5.73 Å². The summed E-state index contributed by atoms with van der Waals surface area (Å²) in [6.07, 6.45) is -3.72. The summed E-state index contributed by atoms with van der Waals surface area (Å²) in [5.74, 6) is 0.727. The van der Waals surface area contributed by atoms with Crippen molar-refractivity contribution in [1.82, 2.24) is 0 Å². The van der Waals surface area contributed by atoms with Gasteiger partial charge in [-0.25, -0.2) is 0 Å². The van der Waals surface area contributed by atoms with Crippen LogP contribution in [0.4, 0.5) is 13.2 Å². The largest absolute Gasteiger partial charge is 0.416 e. The number of hydrogen-bond donors (Lipinski definition) is 1. The minimum absolute atomic E-state index is 0.0908. The summed E-state index contributed by atoms with van der Waals surface area (Å²) >= 11 is 1.65. The number of alkyl halides is 3. The lowest BCUT2D eigenvalue weighted by Crippen LogP contribution is -2.25. The zero-order valence-electron chi connectivity index (χ0n) is 11.3. The first-order valence-corrected chi connectivity index (χ1v) is 7.53. The van der Waals surface area contributed by atoms with Crippen LogP contribution >= 0.6 is 11.8 Å². The number of rotatable bonds is 5. The van der Waals surface area contributed by atoms with E-state index in [0.717, 1.165) is 28.3 Å². The Hall–Kier alpha value is -1.46. The molecular weight excluding hydrogens is 295 g/mol. The Morgan fingerprint density at radius 2 is 1.57 bits per heavy atom. The summed E-state index contributed by atoms with van der Waals surface area (Å²) in [6, 6.07) is 15.0. The first-order valence-electron chi connectivity index (χ1n) is 6.55. The summed E-state index contributed by atoms with van der Waals surface area (Å²) in [4.78, 5) is 1.14. The number of halogens is 3. The van der Waals surface area contributed by atoms with Crippen molar-refractivity contribution < 1.29 is 13.2 Å². The van der Waals surface area contributed by atoms with Crippen LogP contribution in [0.5, 0.6) is 0 Å². The van der Waals surface area contributed by atoms with Crippen molar-refractivity contribution >= 4 is 11.8 Å². The molecule has 0 bridgehead atoms. The Labute approximate surface area is 126 Å². The average Bonchev–Trinajstić information content (AvgIpc) is 2.46. The van der Waals surface area contributed by atoms with Crippen LogP contribution in [0.15, 0.2) is 59.5 Å². The van der Waals surface area contributed by atoms with E-state index in [1.54, 1.807) is 11.8 Å². The first kappa shape index (κ1) is 15.9. The Kier molecular flexibility index (Phi) is 5.31. The summed E-state index contributed by atoms with van der Waals surface area (Å²) in [7, 11) is 0. The van der Waals surface area contributed by atoms with Gasteiger partial charge in [0.1, 0.15) is 0 Å². The molecule has 0 heterocycles. The fourth-order valence-corrected chi connectivity index (χ4v) is 2.79. The van der Waals surface area contributed by atoms with Gasteiger partial charge in [-0.05, 0) is 36.2 Å². The molecule has 0 saturated heterocycles. The van der Waals surface area contributed by atoms with Gasteiger partial charge in [-0.15, -0.1) is 11.8 Å². The fraction of sp³-hybridized carbons (Fsp3) is 0.250. The van der Waals surface area contributed by atoms with Gasteiger partial charge in [0, 0.05) is 16.7 Å². The van der Waals surface area contributed by atoms with E-state index in [4.69, 9.17) is 5.73 Å². The van der Waals surface area contributed by atoms with Crippen LogP contribution < -0.4 is 5.73 Å². The van der Waals surface area contributed by atoms with E-state index < -0.39 is 11.7 Å². The van der Waals surface area contributed by atoms with Crippen molar-refractivity contribution in [2.45, 2.75) is 23.5 Å². The maximum Gasteiger partial charge on any atom is 0.416 e. The molecule has 0 fully saturated rings. The van der Waals surface area contributed by atoms with Gasteiger partial charge < -0.3 is 5.73 Å². The van der Waals surface area contributed by atoms with Gasteiger partial charge in [0.15, 0.2) is 0 Å². The second-order valence-electron chi connectivity index (χ2n) is 4.78. The molecule has 0 aliphatic carbocycles. The van der Waals surface area contributed by atoms with Crippen LogP contribution in [0, 0.1) is 0 Å². The van der Waals surface area contributed by atoms with Crippen LogP contribution in [-0.4, -0.2) is 11.8 Å². The Morgan fingerprint density at radius 1 is 0.952 bits per heavy atom. The lowest BCUT2D eigenvalue weighted by molar-refractivity contribution is -0.137. The van der Waals surface area contributed by atoms with Crippen LogP contribution in [0.2, 0.25) is 0 Å². The summed E-state index contributed by atoms with van der Waals surface area (Å²) in [6.45, 7) is 0. The third-order valence-electron chi connectivity index (χ3n) is 2.99. The normalized spacial score (nSPS) is 13.1. The highest BCUT2D eigenvalue weighted by atomic mass is 32.2. The Bertz CT molecular complexity index is 552. The number of thioether (sulfide) groups is 1. The highest BCUT2D eigenvalue weighted by molar-refractivity contribution is 7.99. The SMILES string of the molecule is NC(CSc1ccccc1)Cc1ccc(C(F)(F)F)cc1. The van der Waals surface area contributed by atoms with Gasteiger partial charge in [0.2, 0.25) is 0 Å². The van der Waals surface area contributed by atoms with E-state index in [9.17, 15) is 13.2 Å². The van der Waals surface area contributed by atoms with Gasteiger partial charge in [0.25, 0.3) is 0 Å². The molecule has 5 heteroatoms.